The van der Waals surface area contributed by atoms with E-state index < -0.39 is 0 Å². The van der Waals surface area contributed by atoms with Crippen LogP contribution in [0.25, 0.3) is 0 Å². The van der Waals surface area contributed by atoms with Gasteiger partial charge >= 0.3 is 5.69 Å². The number of anilines is 1. The van der Waals surface area contributed by atoms with E-state index in [4.69, 9.17) is 5.73 Å². The van der Waals surface area contributed by atoms with Crippen LogP contribution in [0.3, 0.4) is 0 Å². The molecule has 1 aromatic rings. The Morgan fingerprint density at radius 3 is 2.60 bits per heavy atom. The van der Waals surface area contributed by atoms with Crippen molar-refractivity contribution in [2.75, 3.05) is 24.5 Å². The smallest absolute Gasteiger partial charge is 0.333 e. The second-order valence-corrected chi connectivity index (χ2v) is 5.34. The Morgan fingerprint density at radius 1 is 1.45 bits per heavy atom. The number of hydrogen-bond donors (Lipinski definition) is 1. The highest BCUT2D eigenvalue weighted by molar-refractivity contribution is 5.61. The Morgan fingerprint density at radius 2 is 2.10 bits per heavy atom. The second kappa shape index (κ2) is 6.21. The quantitative estimate of drug-likeness (QED) is 0.655. The Hall–Kier alpha value is -1.63. The normalized spacial score (nSPS) is 16.6. The van der Waals surface area contributed by atoms with Crippen molar-refractivity contribution in [1.82, 2.24) is 9.78 Å². The molecular weight excluding hydrogens is 258 g/mol. The number of rotatable bonds is 5. The van der Waals surface area contributed by atoms with E-state index in [1.165, 1.54) is 0 Å². The lowest BCUT2D eigenvalue weighted by molar-refractivity contribution is -0.384. The number of nitrogens with two attached hydrogens (primary N) is 1. The van der Waals surface area contributed by atoms with E-state index in [-0.39, 0.29) is 10.6 Å². The fourth-order valence-electron chi connectivity index (χ4n) is 2.98. The predicted octanol–water partition coefficient (Wildman–Crippen LogP) is 1.68. The molecule has 0 amide bonds. The van der Waals surface area contributed by atoms with E-state index in [2.05, 4.69) is 10.00 Å². The maximum absolute atomic E-state index is 11.3. The van der Waals surface area contributed by atoms with Gasteiger partial charge in [0.05, 0.1) is 4.92 Å². The molecule has 1 fully saturated rings. The van der Waals surface area contributed by atoms with Crippen LogP contribution < -0.4 is 10.6 Å². The lowest BCUT2D eigenvalue weighted by atomic mass is 9.93. The van der Waals surface area contributed by atoms with Crippen LogP contribution in [-0.4, -0.2) is 34.3 Å². The largest absolute Gasteiger partial charge is 0.351 e. The third kappa shape index (κ3) is 2.77. The van der Waals surface area contributed by atoms with Gasteiger partial charge in [0.25, 0.3) is 0 Å². The van der Waals surface area contributed by atoms with E-state index in [1.807, 2.05) is 6.92 Å². The van der Waals surface area contributed by atoms with Crippen LogP contribution in [0.2, 0.25) is 0 Å². The molecule has 0 aromatic carbocycles. The molecule has 7 heteroatoms. The van der Waals surface area contributed by atoms with Gasteiger partial charge in [0.15, 0.2) is 0 Å². The first-order valence-electron chi connectivity index (χ1n) is 7.25. The van der Waals surface area contributed by atoms with Crippen LogP contribution in [0, 0.1) is 23.0 Å². The highest BCUT2D eigenvalue weighted by atomic mass is 16.6. The Balaban J connectivity index is 2.22. The van der Waals surface area contributed by atoms with E-state index in [0.29, 0.717) is 24.0 Å². The molecule has 0 saturated carbocycles. The molecule has 1 aromatic heterocycles. The van der Waals surface area contributed by atoms with E-state index in [1.54, 1.807) is 11.6 Å². The van der Waals surface area contributed by atoms with Crippen molar-refractivity contribution in [3.63, 3.8) is 0 Å². The molecular formula is C13H23N5O2. The van der Waals surface area contributed by atoms with Crippen molar-refractivity contribution in [1.29, 1.82) is 0 Å². The van der Waals surface area contributed by atoms with Crippen LogP contribution in [0.1, 0.15) is 31.9 Å². The van der Waals surface area contributed by atoms with E-state index >= 15 is 0 Å². The summed E-state index contributed by atoms with van der Waals surface area (Å²) in [5.41, 5.74) is 6.25. The summed E-state index contributed by atoms with van der Waals surface area (Å²) < 4.78 is 1.75. The zero-order valence-corrected chi connectivity index (χ0v) is 12.2. The van der Waals surface area contributed by atoms with Crippen LogP contribution in [0.4, 0.5) is 11.5 Å². The topological polar surface area (TPSA) is 90.2 Å². The molecule has 2 N–H and O–H groups in total. The summed E-state index contributed by atoms with van der Waals surface area (Å²) in [4.78, 5) is 13.1. The Kier molecular flexibility index (Phi) is 4.59. The first-order valence-corrected chi connectivity index (χ1v) is 7.25. The molecule has 2 rings (SSSR count). The van der Waals surface area contributed by atoms with Crippen molar-refractivity contribution in [2.45, 2.75) is 39.7 Å². The number of hydrogen-bond acceptors (Lipinski definition) is 5. The van der Waals surface area contributed by atoms with Crippen molar-refractivity contribution in [3.8, 4) is 0 Å². The SMILES string of the molecule is CCn1nc(C)c([N+](=O)[O-])c1N1CCC(CCN)CC1. The van der Waals surface area contributed by atoms with Gasteiger partial charge in [-0.1, -0.05) is 0 Å². The van der Waals surface area contributed by atoms with Crippen LogP contribution in [0.15, 0.2) is 0 Å². The predicted molar refractivity (Wildman–Crippen MR) is 77.9 cm³/mol. The van der Waals surface area contributed by atoms with Gasteiger partial charge in [0, 0.05) is 19.6 Å². The van der Waals surface area contributed by atoms with Gasteiger partial charge in [-0.25, -0.2) is 4.68 Å². The molecule has 112 valence electrons. The summed E-state index contributed by atoms with van der Waals surface area (Å²) in [5, 5.41) is 15.6. The fourth-order valence-corrected chi connectivity index (χ4v) is 2.98. The summed E-state index contributed by atoms with van der Waals surface area (Å²) in [6.45, 7) is 6.71. The number of nitrogens with zero attached hydrogens (tertiary/aromatic N) is 4. The minimum Gasteiger partial charge on any atom is -0.351 e. The fraction of sp³-hybridized carbons (Fsp3) is 0.769. The molecule has 0 atom stereocenters. The average Bonchev–Trinajstić information content (AvgIpc) is 2.77. The maximum Gasteiger partial charge on any atom is 0.333 e. The number of aromatic nitrogens is 2. The zero-order valence-electron chi connectivity index (χ0n) is 12.2. The Bertz CT molecular complexity index is 477. The monoisotopic (exact) mass is 281 g/mol. The highest BCUT2D eigenvalue weighted by Crippen LogP contribution is 2.34. The molecule has 0 radical (unpaired) electrons. The summed E-state index contributed by atoms with van der Waals surface area (Å²) >= 11 is 0. The van der Waals surface area contributed by atoms with Gasteiger partial charge in [-0.2, -0.15) is 5.10 Å². The van der Waals surface area contributed by atoms with Crippen molar-refractivity contribution in [2.24, 2.45) is 11.7 Å². The first kappa shape index (κ1) is 14.8. The van der Waals surface area contributed by atoms with Gasteiger partial charge in [0.1, 0.15) is 5.69 Å². The molecule has 1 saturated heterocycles. The molecule has 7 nitrogen and oxygen atoms in total. The van der Waals surface area contributed by atoms with Crippen LogP contribution >= 0.6 is 0 Å². The molecule has 0 spiro atoms. The molecule has 0 bridgehead atoms. The van der Waals surface area contributed by atoms with Gasteiger partial charge in [-0.15, -0.1) is 0 Å². The van der Waals surface area contributed by atoms with Gasteiger partial charge < -0.3 is 10.6 Å². The van der Waals surface area contributed by atoms with E-state index in [0.717, 1.165) is 38.9 Å². The van der Waals surface area contributed by atoms with Gasteiger partial charge in [-0.05, 0) is 45.6 Å². The lowest BCUT2D eigenvalue weighted by Crippen LogP contribution is -2.36. The molecule has 0 unspecified atom stereocenters. The third-order valence-electron chi connectivity index (χ3n) is 4.04. The first-order chi connectivity index (χ1) is 9.58. The lowest BCUT2D eigenvalue weighted by Gasteiger charge is -2.32. The second-order valence-electron chi connectivity index (χ2n) is 5.34. The van der Waals surface area contributed by atoms with Gasteiger partial charge in [-0.3, -0.25) is 10.1 Å². The maximum atomic E-state index is 11.3. The summed E-state index contributed by atoms with van der Waals surface area (Å²) in [5.74, 6) is 1.32. The number of aryl methyl sites for hydroxylation is 2. The minimum absolute atomic E-state index is 0.157. The molecule has 1 aliphatic rings. The zero-order chi connectivity index (χ0) is 14.7. The van der Waals surface area contributed by atoms with Crippen LogP contribution in [-0.2, 0) is 6.54 Å². The molecule has 2 heterocycles. The molecule has 1 aliphatic heterocycles. The van der Waals surface area contributed by atoms with Crippen molar-refractivity contribution >= 4 is 11.5 Å². The standard InChI is InChI=1S/C13H23N5O2/c1-3-17-13(12(18(19)20)10(2)15-17)16-8-5-11(4-7-14)6-9-16/h11H,3-9,14H2,1-2H3. The summed E-state index contributed by atoms with van der Waals surface area (Å²) in [6, 6.07) is 0. The van der Waals surface area contributed by atoms with Crippen molar-refractivity contribution in [3.05, 3.63) is 15.8 Å². The van der Waals surface area contributed by atoms with Crippen LogP contribution in [0.5, 0.6) is 0 Å². The molecule has 0 aliphatic carbocycles. The summed E-state index contributed by atoms with van der Waals surface area (Å²) in [7, 11) is 0. The summed E-state index contributed by atoms with van der Waals surface area (Å²) in [6.07, 6.45) is 3.13. The number of piperidine rings is 1. The average molecular weight is 281 g/mol. The minimum atomic E-state index is -0.310. The third-order valence-corrected chi connectivity index (χ3v) is 4.04. The van der Waals surface area contributed by atoms with Gasteiger partial charge in [0.2, 0.25) is 5.82 Å². The highest BCUT2D eigenvalue weighted by Gasteiger charge is 2.31. The number of nitro groups is 1. The Labute approximate surface area is 118 Å². The van der Waals surface area contributed by atoms with Crippen molar-refractivity contribution < 1.29 is 4.92 Å². The van der Waals surface area contributed by atoms with E-state index in [9.17, 15) is 10.1 Å². The molecule has 20 heavy (non-hydrogen) atoms.